The number of hydrogen-bond donors (Lipinski definition) is 1. The summed E-state index contributed by atoms with van der Waals surface area (Å²) in [6, 6.07) is 6.28. The van der Waals surface area contributed by atoms with Gasteiger partial charge < -0.3 is 5.32 Å². The lowest BCUT2D eigenvalue weighted by atomic mass is 9.80. The summed E-state index contributed by atoms with van der Waals surface area (Å²) in [7, 11) is 0. The molecule has 0 aliphatic rings. The molecule has 0 heterocycles. The fourth-order valence-electron chi connectivity index (χ4n) is 1.82. The monoisotopic (exact) mass is 233 g/mol. The second-order valence-electron chi connectivity index (χ2n) is 6.52. The number of carbonyl (C=O) groups excluding carboxylic acids is 1. The van der Waals surface area contributed by atoms with Crippen molar-refractivity contribution < 1.29 is 4.79 Å². The quantitative estimate of drug-likeness (QED) is 0.772. The molecule has 2 nitrogen and oxygen atoms in total. The minimum Gasteiger partial charge on any atom is -0.328 e. The Morgan fingerprint density at radius 2 is 1.59 bits per heavy atom. The third kappa shape index (κ3) is 3.32. The van der Waals surface area contributed by atoms with E-state index in [-0.39, 0.29) is 10.8 Å². The molecule has 0 atom stereocenters. The predicted molar refractivity (Wildman–Crippen MR) is 73.5 cm³/mol. The van der Waals surface area contributed by atoms with Gasteiger partial charge in [0.05, 0.1) is 0 Å². The molecule has 17 heavy (non-hydrogen) atoms. The van der Waals surface area contributed by atoms with E-state index < -0.39 is 0 Å². The number of rotatable bonds is 2. The first kappa shape index (κ1) is 13.8. The van der Waals surface area contributed by atoms with Gasteiger partial charge in [-0.15, -0.1) is 0 Å². The molecule has 94 valence electrons. The van der Waals surface area contributed by atoms with Gasteiger partial charge in [-0.05, 0) is 28.0 Å². The van der Waals surface area contributed by atoms with Crippen molar-refractivity contribution in [3.05, 3.63) is 29.3 Å². The van der Waals surface area contributed by atoms with Crippen molar-refractivity contribution in [3.8, 4) is 0 Å². The summed E-state index contributed by atoms with van der Waals surface area (Å²) in [5, 5.41) is 2.78. The fraction of sp³-hybridized carbons (Fsp3) is 0.533. The molecule has 1 amide bonds. The highest BCUT2D eigenvalue weighted by Gasteiger charge is 2.21. The van der Waals surface area contributed by atoms with Crippen LogP contribution in [0.2, 0.25) is 0 Å². The highest BCUT2D eigenvalue weighted by atomic mass is 16.1. The van der Waals surface area contributed by atoms with Crippen molar-refractivity contribution in [2.45, 2.75) is 52.4 Å². The normalized spacial score (nSPS) is 12.4. The van der Waals surface area contributed by atoms with E-state index >= 15 is 0 Å². The molecule has 1 rings (SSSR count). The van der Waals surface area contributed by atoms with Crippen LogP contribution in [0.1, 0.15) is 52.7 Å². The average Bonchev–Trinajstić information content (AvgIpc) is 2.15. The third-order valence-electron chi connectivity index (χ3n) is 2.91. The van der Waals surface area contributed by atoms with E-state index in [0.29, 0.717) is 0 Å². The number of hydrogen-bond acceptors (Lipinski definition) is 1. The Labute approximate surface area is 104 Å². The summed E-state index contributed by atoms with van der Waals surface area (Å²) in [4.78, 5) is 10.6. The molecule has 1 aromatic rings. The molecule has 0 radical (unpaired) electrons. The van der Waals surface area contributed by atoms with Crippen molar-refractivity contribution in [1.82, 2.24) is 0 Å². The predicted octanol–water partition coefficient (Wildman–Crippen LogP) is 3.85. The molecule has 0 bridgehead atoms. The Hall–Kier alpha value is -1.31. The van der Waals surface area contributed by atoms with Crippen molar-refractivity contribution in [2.24, 2.45) is 0 Å². The van der Waals surface area contributed by atoms with Gasteiger partial charge in [-0.2, -0.15) is 0 Å². The van der Waals surface area contributed by atoms with Gasteiger partial charge in [0.1, 0.15) is 0 Å². The van der Waals surface area contributed by atoms with Crippen LogP contribution < -0.4 is 5.32 Å². The fourth-order valence-corrected chi connectivity index (χ4v) is 1.82. The van der Waals surface area contributed by atoms with E-state index in [1.54, 1.807) is 0 Å². The second kappa shape index (κ2) is 4.52. The van der Waals surface area contributed by atoms with Crippen LogP contribution in [0.3, 0.4) is 0 Å². The molecule has 0 spiro atoms. The van der Waals surface area contributed by atoms with Gasteiger partial charge in [0.25, 0.3) is 0 Å². The molecule has 2 heteroatoms. The summed E-state index contributed by atoms with van der Waals surface area (Å²) < 4.78 is 0. The van der Waals surface area contributed by atoms with Crippen LogP contribution in [0.5, 0.6) is 0 Å². The molecule has 0 aliphatic carbocycles. The van der Waals surface area contributed by atoms with Crippen LogP contribution in [-0.4, -0.2) is 6.41 Å². The molecule has 0 saturated heterocycles. The number of anilines is 1. The molecule has 0 fully saturated rings. The summed E-state index contributed by atoms with van der Waals surface area (Å²) in [6.07, 6.45) is 0.737. The van der Waals surface area contributed by atoms with E-state index in [4.69, 9.17) is 0 Å². The number of carbonyl (C=O) groups is 1. The zero-order valence-electron chi connectivity index (χ0n) is 11.7. The van der Waals surface area contributed by atoms with Crippen LogP contribution in [-0.2, 0) is 15.6 Å². The first-order valence-electron chi connectivity index (χ1n) is 6.01. The van der Waals surface area contributed by atoms with Crippen LogP contribution in [0, 0.1) is 0 Å². The van der Waals surface area contributed by atoms with Gasteiger partial charge in [0, 0.05) is 5.69 Å². The lowest BCUT2D eigenvalue weighted by Gasteiger charge is -2.27. The van der Waals surface area contributed by atoms with Crippen LogP contribution in [0.15, 0.2) is 18.2 Å². The van der Waals surface area contributed by atoms with Gasteiger partial charge in [0.15, 0.2) is 0 Å². The highest BCUT2D eigenvalue weighted by Crippen LogP contribution is 2.33. The Morgan fingerprint density at radius 1 is 1.00 bits per heavy atom. The minimum atomic E-state index is 0.0204. The maximum Gasteiger partial charge on any atom is 0.211 e. The molecular formula is C15H23NO. The van der Waals surface area contributed by atoms with Crippen molar-refractivity contribution in [2.75, 3.05) is 5.32 Å². The molecule has 1 N–H and O–H groups in total. The van der Waals surface area contributed by atoms with Crippen LogP contribution >= 0.6 is 0 Å². The summed E-state index contributed by atoms with van der Waals surface area (Å²) in [5.41, 5.74) is 3.52. The van der Waals surface area contributed by atoms with Crippen molar-refractivity contribution in [1.29, 1.82) is 0 Å². The molecular weight excluding hydrogens is 210 g/mol. The average molecular weight is 233 g/mol. The molecule has 0 aromatic heterocycles. The molecule has 0 unspecified atom stereocenters. The summed E-state index contributed by atoms with van der Waals surface area (Å²) in [5.74, 6) is 0. The zero-order chi connectivity index (χ0) is 13.3. The third-order valence-corrected chi connectivity index (χ3v) is 2.91. The van der Waals surface area contributed by atoms with Gasteiger partial charge in [-0.1, -0.05) is 53.7 Å². The van der Waals surface area contributed by atoms with Crippen molar-refractivity contribution >= 4 is 12.1 Å². The maximum atomic E-state index is 10.6. The SMILES string of the molecule is CC(C)(C)c1ccc(NC=O)c(C(C)(C)C)c1. The Kier molecular flexibility index (Phi) is 3.65. The Balaban J connectivity index is 3.34. The molecule has 1 aromatic carbocycles. The van der Waals surface area contributed by atoms with E-state index in [0.717, 1.165) is 12.1 Å². The van der Waals surface area contributed by atoms with E-state index in [2.05, 4.69) is 59.0 Å². The van der Waals surface area contributed by atoms with Gasteiger partial charge in [0.2, 0.25) is 6.41 Å². The van der Waals surface area contributed by atoms with E-state index in [1.165, 1.54) is 11.1 Å². The summed E-state index contributed by atoms with van der Waals surface area (Å²) in [6.45, 7) is 13.1. The van der Waals surface area contributed by atoms with Gasteiger partial charge in [-0.25, -0.2) is 0 Å². The first-order valence-corrected chi connectivity index (χ1v) is 6.01. The highest BCUT2D eigenvalue weighted by molar-refractivity contribution is 5.74. The lowest BCUT2D eigenvalue weighted by Crippen LogP contribution is -2.18. The molecule has 0 aliphatic heterocycles. The van der Waals surface area contributed by atoms with Crippen LogP contribution in [0.4, 0.5) is 5.69 Å². The lowest BCUT2D eigenvalue weighted by molar-refractivity contribution is -0.105. The summed E-state index contributed by atoms with van der Waals surface area (Å²) >= 11 is 0. The Bertz CT molecular complexity index is 408. The Morgan fingerprint density at radius 3 is 2.00 bits per heavy atom. The standard InChI is InChI=1S/C15H23NO/c1-14(2,3)11-7-8-13(16-10-17)12(9-11)15(4,5)6/h7-10H,1-6H3,(H,16,17). The van der Waals surface area contributed by atoms with Crippen LogP contribution in [0.25, 0.3) is 0 Å². The van der Waals surface area contributed by atoms with Gasteiger partial charge >= 0.3 is 0 Å². The number of nitrogens with one attached hydrogen (secondary N) is 1. The second-order valence-corrected chi connectivity index (χ2v) is 6.52. The van der Waals surface area contributed by atoms with Gasteiger partial charge in [-0.3, -0.25) is 4.79 Å². The van der Waals surface area contributed by atoms with E-state index in [1.807, 2.05) is 6.07 Å². The van der Waals surface area contributed by atoms with E-state index in [9.17, 15) is 4.79 Å². The molecule has 0 saturated carbocycles. The largest absolute Gasteiger partial charge is 0.328 e. The topological polar surface area (TPSA) is 29.1 Å². The first-order chi connectivity index (χ1) is 7.66. The maximum absolute atomic E-state index is 10.6. The minimum absolute atomic E-state index is 0.0204. The number of benzene rings is 1. The number of amides is 1. The zero-order valence-corrected chi connectivity index (χ0v) is 11.7. The smallest absolute Gasteiger partial charge is 0.211 e. The van der Waals surface area contributed by atoms with Crippen molar-refractivity contribution in [3.63, 3.8) is 0 Å².